The average Bonchev–Trinajstić information content (AvgIpc) is 3.06. The molecule has 0 spiro atoms. The van der Waals surface area contributed by atoms with Crippen molar-refractivity contribution in [2.45, 2.75) is 32.1 Å². The molecule has 1 nitrogen and oxygen atoms in total. The largest absolute Gasteiger partial charge is 0.460 e. The highest BCUT2D eigenvalue weighted by molar-refractivity contribution is 5.78. The predicted octanol–water partition coefficient (Wildman–Crippen LogP) is 6.91. The lowest BCUT2D eigenvalue weighted by molar-refractivity contribution is 0.541. The van der Waals surface area contributed by atoms with Crippen LogP contribution >= 0.6 is 0 Å². The second-order valence-electron chi connectivity index (χ2n) is 7.90. The first-order valence-corrected chi connectivity index (χ1v) is 9.16. The molecule has 1 heterocycles. The van der Waals surface area contributed by atoms with E-state index in [2.05, 4.69) is 93.6 Å². The molecule has 4 rings (SSSR count). The van der Waals surface area contributed by atoms with Gasteiger partial charge >= 0.3 is 0 Å². The molecule has 0 aliphatic heterocycles. The molecule has 1 aromatic heterocycles. The van der Waals surface area contributed by atoms with Gasteiger partial charge in [0.05, 0.1) is 5.92 Å². The molecule has 0 saturated heterocycles. The Morgan fingerprint density at radius 1 is 0.692 bits per heavy atom. The molecule has 0 aliphatic carbocycles. The van der Waals surface area contributed by atoms with E-state index in [0.29, 0.717) is 0 Å². The lowest BCUT2D eigenvalue weighted by atomic mass is 9.83. The lowest BCUT2D eigenvalue weighted by Gasteiger charge is -2.21. The molecule has 3 aromatic carbocycles. The van der Waals surface area contributed by atoms with Gasteiger partial charge in [-0.1, -0.05) is 93.6 Å². The molecular formula is C25H24O. The second-order valence-corrected chi connectivity index (χ2v) is 7.90. The van der Waals surface area contributed by atoms with E-state index in [0.717, 1.165) is 16.7 Å². The van der Waals surface area contributed by atoms with Crippen LogP contribution in [-0.4, -0.2) is 0 Å². The molecule has 1 atom stereocenters. The third-order valence-electron chi connectivity index (χ3n) is 4.97. The van der Waals surface area contributed by atoms with E-state index in [1.165, 1.54) is 16.7 Å². The summed E-state index contributed by atoms with van der Waals surface area (Å²) in [6.07, 6.45) is 0. The van der Waals surface area contributed by atoms with Crippen LogP contribution < -0.4 is 0 Å². The van der Waals surface area contributed by atoms with E-state index < -0.39 is 0 Å². The van der Waals surface area contributed by atoms with E-state index in [1.54, 1.807) is 0 Å². The summed E-state index contributed by atoms with van der Waals surface area (Å²) in [7, 11) is 0. The summed E-state index contributed by atoms with van der Waals surface area (Å²) in [5, 5.41) is 1.15. The Morgan fingerprint density at radius 2 is 1.31 bits per heavy atom. The zero-order valence-electron chi connectivity index (χ0n) is 15.6. The van der Waals surface area contributed by atoms with Crippen LogP contribution in [0.5, 0.6) is 0 Å². The Labute approximate surface area is 155 Å². The fourth-order valence-electron chi connectivity index (χ4n) is 3.49. The molecule has 0 aliphatic rings. The van der Waals surface area contributed by atoms with Crippen molar-refractivity contribution in [3.8, 4) is 0 Å². The summed E-state index contributed by atoms with van der Waals surface area (Å²) < 4.78 is 6.24. The monoisotopic (exact) mass is 340 g/mol. The maximum atomic E-state index is 6.24. The number of fused-ring (bicyclic) bond motifs is 1. The first-order chi connectivity index (χ1) is 12.5. The van der Waals surface area contributed by atoms with Crippen molar-refractivity contribution in [2.75, 3.05) is 0 Å². The van der Waals surface area contributed by atoms with Crippen molar-refractivity contribution < 1.29 is 4.42 Å². The number of benzene rings is 3. The topological polar surface area (TPSA) is 13.1 Å². The van der Waals surface area contributed by atoms with Crippen molar-refractivity contribution >= 4 is 11.0 Å². The Bertz CT molecular complexity index is 968. The molecule has 0 saturated carbocycles. The highest BCUT2D eigenvalue weighted by atomic mass is 16.3. The molecule has 0 radical (unpaired) electrons. The van der Waals surface area contributed by atoms with Gasteiger partial charge in [0.15, 0.2) is 0 Å². The number of rotatable bonds is 3. The molecule has 26 heavy (non-hydrogen) atoms. The summed E-state index contributed by atoms with van der Waals surface area (Å²) in [5.74, 6) is 1.08. The van der Waals surface area contributed by atoms with Gasteiger partial charge in [0.2, 0.25) is 0 Å². The zero-order valence-corrected chi connectivity index (χ0v) is 15.6. The molecular weight excluding hydrogens is 316 g/mol. The highest BCUT2D eigenvalue weighted by Gasteiger charge is 2.22. The van der Waals surface area contributed by atoms with Crippen LogP contribution in [0.1, 0.15) is 49.1 Å². The maximum absolute atomic E-state index is 6.24. The smallest absolute Gasteiger partial charge is 0.134 e. The van der Waals surface area contributed by atoms with E-state index >= 15 is 0 Å². The van der Waals surface area contributed by atoms with E-state index in [9.17, 15) is 0 Å². The van der Waals surface area contributed by atoms with Gasteiger partial charge in [-0.25, -0.2) is 0 Å². The van der Waals surface area contributed by atoms with Crippen molar-refractivity contribution in [2.24, 2.45) is 0 Å². The van der Waals surface area contributed by atoms with E-state index in [1.807, 2.05) is 12.1 Å². The minimum atomic E-state index is 0.0950. The van der Waals surface area contributed by atoms with E-state index in [-0.39, 0.29) is 11.3 Å². The molecule has 0 N–H and O–H groups in total. The first kappa shape index (κ1) is 16.7. The predicted molar refractivity (Wildman–Crippen MR) is 109 cm³/mol. The van der Waals surface area contributed by atoms with Gasteiger partial charge in [0, 0.05) is 5.39 Å². The van der Waals surface area contributed by atoms with Gasteiger partial charge in [0.25, 0.3) is 0 Å². The molecule has 130 valence electrons. The fourth-order valence-corrected chi connectivity index (χ4v) is 3.49. The van der Waals surface area contributed by atoms with Crippen LogP contribution in [0.3, 0.4) is 0 Å². The Kier molecular flexibility index (Phi) is 4.16. The maximum Gasteiger partial charge on any atom is 0.134 e. The van der Waals surface area contributed by atoms with Crippen LogP contribution in [-0.2, 0) is 5.41 Å². The van der Waals surface area contributed by atoms with Crippen molar-refractivity contribution in [1.29, 1.82) is 0 Å². The number of hydrogen-bond donors (Lipinski definition) is 0. The van der Waals surface area contributed by atoms with Crippen LogP contribution in [0.25, 0.3) is 11.0 Å². The highest BCUT2D eigenvalue weighted by Crippen LogP contribution is 2.36. The van der Waals surface area contributed by atoms with Crippen LogP contribution in [0.2, 0.25) is 0 Å². The summed E-state index contributed by atoms with van der Waals surface area (Å²) in [5.41, 5.74) is 4.94. The van der Waals surface area contributed by atoms with Gasteiger partial charge in [-0.05, 0) is 34.2 Å². The molecule has 0 bridgehead atoms. The third-order valence-corrected chi connectivity index (χ3v) is 4.97. The fraction of sp³-hybridized carbons (Fsp3) is 0.200. The van der Waals surface area contributed by atoms with Crippen LogP contribution in [0.15, 0.2) is 89.3 Å². The molecule has 1 heteroatoms. The Balaban J connectivity index is 1.84. The quantitative estimate of drug-likeness (QED) is 0.395. The average molecular weight is 340 g/mol. The van der Waals surface area contributed by atoms with Crippen molar-refractivity contribution in [3.63, 3.8) is 0 Å². The summed E-state index contributed by atoms with van der Waals surface area (Å²) in [4.78, 5) is 0. The van der Waals surface area contributed by atoms with Crippen molar-refractivity contribution in [1.82, 2.24) is 0 Å². The SMILES string of the molecule is CC(C)(C)c1ccc(C(c2ccccc2)c2cc3ccccc3o2)cc1. The zero-order chi connectivity index (χ0) is 18.1. The van der Waals surface area contributed by atoms with Gasteiger partial charge in [0.1, 0.15) is 11.3 Å². The van der Waals surface area contributed by atoms with Gasteiger partial charge in [-0.2, -0.15) is 0 Å². The van der Waals surface area contributed by atoms with Gasteiger partial charge < -0.3 is 4.42 Å². The normalized spacial score (nSPS) is 13.0. The molecule has 0 fully saturated rings. The summed E-state index contributed by atoms with van der Waals surface area (Å²) >= 11 is 0. The van der Waals surface area contributed by atoms with Gasteiger partial charge in [-0.3, -0.25) is 0 Å². The van der Waals surface area contributed by atoms with Gasteiger partial charge in [-0.15, -0.1) is 0 Å². The standard InChI is InChI=1S/C25H24O/c1-25(2,3)21-15-13-19(14-16-21)24(18-9-5-4-6-10-18)23-17-20-11-7-8-12-22(20)26-23/h4-17,24H,1-3H3. The Hall–Kier alpha value is -2.80. The molecule has 4 aromatic rings. The number of hydrogen-bond acceptors (Lipinski definition) is 1. The molecule has 1 unspecified atom stereocenters. The lowest BCUT2D eigenvalue weighted by Crippen LogP contribution is -2.11. The second kappa shape index (κ2) is 6.49. The van der Waals surface area contributed by atoms with Crippen molar-refractivity contribution in [3.05, 3.63) is 107 Å². The van der Waals surface area contributed by atoms with Crippen LogP contribution in [0.4, 0.5) is 0 Å². The summed E-state index contributed by atoms with van der Waals surface area (Å²) in [6, 6.07) is 29.9. The minimum Gasteiger partial charge on any atom is -0.460 e. The number of furan rings is 1. The first-order valence-electron chi connectivity index (χ1n) is 9.16. The Morgan fingerprint density at radius 3 is 1.96 bits per heavy atom. The van der Waals surface area contributed by atoms with Crippen LogP contribution in [0, 0.1) is 0 Å². The minimum absolute atomic E-state index is 0.0950. The molecule has 0 amide bonds. The number of para-hydroxylation sites is 1. The van der Waals surface area contributed by atoms with E-state index in [4.69, 9.17) is 4.42 Å². The third kappa shape index (κ3) is 3.17. The summed E-state index contributed by atoms with van der Waals surface area (Å²) in [6.45, 7) is 6.74.